The van der Waals surface area contributed by atoms with Crippen molar-refractivity contribution < 1.29 is 27.8 Å². The third kappa shape index (κ3) is 6.93. The van der Waals surface area contributed by atoms with Crippen LogP contribution in [0.15, 0.2) is 36.4 Å². The number of ether oxygens (including phenoxy) is 1. The summed E-state index contributed by atoms with van der Waals surface area (Å²) in [7, 11) is 0. The van der Waals surface area contributed by atoms with E-state index in [9.17, 15) is 13.2 Å². The predicted octanol–water partition coefficient (Wildman–Crippen LogP) is 3.05. The first-order chi connectivity index (χ1) is 14.2. The normalized spacial score (nSPS) is 13.6. The number of nitriles is 1. The van der Waals surface area contributed by atoms with Crippen molar-refractivity contribution in [2.45, 2.75) is 19.7 Å². The van der Waals surface area contributed by atoms with Gasteiger partial charge in [0.1, 0.15) is 18.0 Å². The highest BCUT2D eigenvalue weighted by Gasteiger charge is 2.36. The Balaban J connectivity index is 0.000000735. The van der Waals surface area contributed by atoms with Crippen molar-refractivity contribution in [2.24, 2.45) is 0 Å². The summed E-state index contributed by atoms with van der Waals surface area (Å²) in [6, 6.07) is 10.9. The molecule has 3 rings (SSSR count). The number of nitrogens with zero attached hydrogens (tertiary/aromatic N) is 3. The van der Waals surface area contributed by atoms with E-state index in [4.69, 9.17) is 19.9 Å². The number of benzene rings is 1. The van der Waals surface area contributed by atoms with Crippen molar-refractivity contribution in [1.82, 2.24) is 10.3 Å². The zero-order chi connectivity index (χ0) is 22.1. The van der Waals surface area contributed by atoms with Crippen LogP contribution < -0.4 is 15.0 Å². The van der Waals surface area contributed by atoms with Crippen LogP contribution in [0.2, 0.25) is 0 Å². The molecule has 0 saturated carbocycles. The molecule has 2 N–H and O–H groups in total. The number of pyridine rings is 1. The van der Waals surface area contributed by atoms with E-state index >= 15 is 0 Å². The van der Waals surface area contributed by atoms with Crippen LogP contribution in [0.5, 0.6) is 5.88 Å². The number of rotatable bonds is 4. The average molecular weight is 422 g/mol. The minimum atomic E-state index is -4.56. The summed E-state index contributed by atoms with van der Waals surface area (Å²) in [5.41, 5.74) is 0.115. The molecule has 0 aliphatic carbocycles. The molecule has 1 aromatic heterocycles. The molecule has 2 aromatic rings. The Hall–Kier alpha value is -3.32. The van der Waals surface area contributed by atoms with Crippen LogP contribution in [0.3, 0.4) is 0 Å². The van der Waals surface area contributed by atoms with Crippen molar-refractivity contribution >= 4 is 11.8 Å². The summed E-state index contributed by atoms with van der Waals surface area (Å²) in [5.74, 6) is -0.823. The Morgan fingerprint density at radius 3 is 2.57 bits per heavy atom. The van der Waals surface area contributed by atoms with E-state index in [0.717, 1.165) is 26.1 Å². The lowest BCUT2D eigenvalue weighted by atomic mass is 10.1. The molecule has 0 spiro atoms. The Morgan fingerprint density at radius 1 is 1.30 bits per heavy atom. The second-order valence-electron chi connectivity index (χ2n) is 6.38. The third-order valence-electron chi connectivity index (χ3n) is 4.02. The van der Waals surface area contributed by atoms with Crippen LogP contribution in [0, 0.1) is 11.3 Å². The van der Waals surface area contributed by atoms with E-state index in [0.29, 0.717) is 30.0 Å². The Bertz CT molecular complexity index is 903. The van der Waals surface area contributed by atoms with Crippen LogP contribution in [-0.4, -0.2) is 42.2 Å². The number of piperazine rings is 1. The van der Waals surface area contributed by atoms with E-state index in [1.807, 2.05) is 11.0 Å². The fourth-order valence-electron chi connectivity index (χ4n) is 2.71. The first-order valence-corrected chi connectivity index (χ1v) is 9.06. The van der Waals surface area contributed by atoms with Crippen molar-refractivity contribution in [3.63, 3.8) is 0 Å². The lowest BCUT2D eigenvalue weighted by Gasteiger charge is -2.29. The molecule has 0 atom stereocenters. The summed E-state index contributed by atoms with van der Waals surface area (Å²) in [5, 5.41) is 19.5. The number of aliphatic carboxylic acids is 1. The number of nitrogens with one attached hydrogen (secondary N) is 1. The highest BCUT2D eigenvalue weighted by molar-refractivity contribution is 5.63. The first-order valence-electron chi connectivity index (χ1n) is 9.06. The van der Waals surface area contributed by atoms with Crippen LogP contribution in [-0.2, 0) is 17.6 Å². The molecule has 160 valence electrons. The quantitative estimate of drug-likeness (QED) is 0.781. The number of carboxylic acid groups (broad SMARTS) is 1. The number of hydrogen-bond donors (Lipinski definition) is 2. The highest BCUT2D eigenvalue weighted by atomic mass is 19.4. The smallest absolute Gasteiger partial charge is 0.421 e. The number of halogens is 3. The number of carboxylic acids is 1. The van der Waals surface area contributed by atoms with Gasteiger partial charge in [-0.25, -0.2) is 0 Å². The van der Waals surface area contributed by atoms with E-state index in [1.54, 1.807) is 24.3 Å². The van der Waals surface area contributed by atoms with Crippen molar-refractivity contribution in [2.75, 3.05) is 31.1 Å². The molecular formula is C20H21F3N4O3. The number of alkyl halides is 3. The maximum atomic E-state index is 13.3. The largest absolute Gasteiger partial charge is 0.481 e. The van der Waals surface area contributed by atoms with Crippen molar-refractivity contribution in [1.29, 1.82) is 5.26 Å². The lowest BCUT2D eigenvalue weighted by molar-refractivity contribution is -0.139. The summed E-state index contributed by atoms with van der Waals surface area (Å²) in [6.07, 6.45) is -4.56. The lowest BCUT2D eigenvalue weighted by Crippen LogP contribution is -2.43. The van der Waals surface area contributed by atoms with E-state index in [-0.39, 0.29) is 6.61 Å². The van der Waals surface area contributed by atoms with E-state index < -0.39 is 23.6 Å². The molecule has 0 radical (unpaired) electrons. The Morgan fingerprint density at radius 2 is 1.97 bits per heavy atom. The Kier molecular flexibility index (Phi) is 8.00. The fraction of sp³-hybridized carbons (Fsp3) is 0.350. The van der Waals surface area contributed by atoms with Crippen LogP contribution >= 0.6 is 0 Å². The summed E-state index contributed by atoms with van der Waals surface area (Å²) >= 11 is 0. The minimum absolute atomic E-state index is 0.101. The summed E-state index contributed by atoms with van der Waals surface area (Å²) in [4.78, 5) is 15.0. The van der Waals surface area contributed by atoms with Crippen molar-refractivity contribution in [3.8, 4) is 11.9 Å². The molecule has 7 nitrogen and oxygen atoms in total. The van der Waals surface area contributed by atoms with Gasteiger partial charge in [-0.2, -0.15) is 23.4 Å². The van der Waals surface area contributed by atoms with Gasteiger partial charge in [0.2, 0.25) is 5.88 Å². The van der Waals surface area contributed by atoms with Crippen molar-refractivity contribution in [3.05, 3.63) is 53.1 Å². The zero-order valence-electron chi connectivity index (χ0n) is 16.2. The van der Waals surface area contributed by atoms with Gasteiger partial charge in [-0.1, -0.05) is 12.1 Å². The third-order valence-corrected chi connectivity index (χ3v) is 4.02. The van der Waals surface area contributed by atoms with E-state index in [2.05, 4.69) is 10.3 Å². The van der Waals surface area contributed by atoms with Gasteiger partial charge < -0.3 is 20.1 Å². The number of hydrogen-bond acceptors (Lipinski definition) is 6. The SMILES string of the molecule is CC(=O)O.N#Cc1cccc(COc2nc(N3CCNCC3)ccc2C(F)(F)F)c1. The number of carbonyl (C=O) groups is 1. The molecule has 1 saturated heterocycles. The van der Waals surface area contributed by atoms with Gasteiger partial charge >= 0.3 is 6.18 Å². The second-order valence-corrected chi connectivity index (χ2v) is 6.38. The topological polar surface area (TPSA) is 98.5 Å². The van der Waals surface area contributed by atoms with Gasteiger partial charge in [0.25, 0.3) is 5.97 Å². The molecule has 0 bridgehead atoms. The number of aromatic nitrogens is 1. The molecule has 1 fully saturated rings. The van der Waals surface area contributed by atoms with Gasteiger partial charge in [-0.3, -0.25) is 4.79 Å². The van der Waals surface area contributed by atoms with Gasteiger partial charge in [-0.15, -0.1) is 0 Å². The standard InChI is InChI=1S/C18H17F3N4O.C2H4O2/c19-18(20,21)15-4-5-16(25-8-6-23-7-9-25)24-17(15)26-12-14-3-1-2-13(10-14)11-22;1-2(3)4/h1-5,10,23H,6-9,12H2;1H3,(H,3,4). The van der Waals surface area contributed by atoms with Crippen LogP contribution in [0.4, 0.5) is 19.0 Å². The molecule has 1 aromatic carbocycles. The maximum Gasteiger partial charge on any atom is 0.421 e. The molecular weight excluding hydrogens is 401 g/mol. The maximum absolute atomic E-state index is 13.3. The predicted molar refractivity (Wildman–Crippen MR) is 103 cm³/mol. The molecule has 1 aliphatic heterocycles. The first kappa shape index (κ1) is 23.0. The zero-order valence-corrected chi connectivity index (χ0v) is 16.2. The number of anilines is 1. The second kappa shape index (κ2) is 10.5. The van der Waals surface area contributed by atoms with E-state index in [1.165, 1.54) is 6.07 Å². The molecule has 2 heterocycles. The molecule has 0 unspecified atom stereocenters. The van der Waals surface area contributed by atoms with Gasteiger partial charge in [0, 0.05) is 33.1 Å². The molecule has 0 amide bonds. The van der Waals surface area contributed by atoms with Gasteiger partial charge in [-0.05, 0) is 29.8 Å². The van der Waals surface area contributed by atoms with Crippen LogP contribution in [0.25, 0.3) is 0 Å². The molecule has 1 aliphatic rings. The molecule has 10 heteroatoms. The molecule has 30 heavy (non-hydrogen) atoms. The van der Waals surface area contributed by atoms with Gasteiger partial charge in [0.05, 0.1) is 11.6 Å². The minimum Gasteiger partial charge on any atom is -0.481 e. The average Bonchev–Trinajstić information content (AvgIpc) is 2.72. The summed E-state index contributed by atoms with van der Waals surface area (Å²) in [6.45, 7) is 3.82. The summed E-state index contributed by atoms with van der Waals surface area (Å²) < 4.78 is 45.2. The van der Waals surface area contributed by atoms with Crippen LogP contribution in [0.1, 0.15) is 23.6 Å². The monoisotopic (exact) mass is 422 g/mol. The van der Waals surface area contributed by atoms with Gasteiger partial charge in [0.15, 0.2) is 0 Å². The highest BCUT2D eigenvalue weighted by Crippen LogP contribution is 2.36. The fourth-order valence-corrected chi connectivity index (χ4v) is 2.71. The Labute approximate surface area is 171 Å².